The summed E-state index contributed by atoms with van der Waals surface area (Å²) in [6.07, 6.45) is 3.34. The number of hydrogen-bond acceptors (Lipinski definition) is 4. The van der Waals surface area contributed by atoms with E-state index in [1.165, 1.54) is 5.56 Å². The van der Waals surface area contributed by atoms with Gasteiger partial charge in [0.25, 0.3) is 0 Å². The van der Waals surface area contributed by atoms with Crippen LogP contribution < -0.4 is 0 Å². The maximum Gasteiger partial charge on any atom is 0.303 e. The molecule has 0 bridgehead atoms. The highest BCUT2D eigenvalue weighted by molar-refractivity contribution is 7.91. The monoisotopic (exact) mass is 339 g/mol. The summed E-state index contributed by atoms with van der Waals surface area (Å²) in [5.41, 5.74) is 1.18. The smallest absolute Gasteiger partial charge is 0.303 e. The van der Waals surface area contributed by atoms with Crippen molar-refractivity contribution < 1.29 is 18.3 Å². The number of carboxylic acids is 1. The summed E-state index contributed by atoms with van der Waals surface area (Å²) in [5, 5.41) is 8.67. The van der Waals surface area contributed by atoms with E-state index in [9.17, 15) is 13.2 Å². The standard InChI is InChI=1S/C17H25NO4S/c19-17(20)9-5-2-6-11-18(13-15-7-3-1-4-8-15)16-10-12-23(21,22)14-16/h1,3-4,7-8,16H,2,5-6,9-14H2,(H,19,20)/t16-/m1/s1. The fourth-order valence-corrected chi connectivity index (χ4v) is 4.80. The van der Waals surface area contributed by atoms with E-state index in [0.717, 1.165) is 25.9 Å². The lowest BCUT2D eigenvalue weighted by atomic mass is 10.1. The molecule has 1 heterocycles. The highest BCUT2D eigenvalue weighted by atomic mass is 32.2. The van der Waals surface area contributed by atoms with E-state index in [1.54, 1.807) is 0 Å². The van der Waals surface area contributed by atoms with Gasteiger partial charge in [0.15, 0.2) is 9.84 Å². The second kappa shape index (κ2) is 8.45. The summed E-state index contributed by atoms with van der Waals surface area (Å²) in [6.45, 7) is 1.56. The van der Waals surface area contributed by atoms with E-state index in [1.807, 2.05) is 18.2 Å². The van der Waals surface area contributed by atoms with Crippen molar-refractivity contribution in [3.63, 3.8) is 0 Å². The van der Waals surface area contributed by atoms with Crippen molar-refractivity contribution in [3.8, 4) is 0 Å². The average Bonchev–Trinajstić information content (AvgIpc) is 2.86. The van der Waals surface area contributed by atoms with Crippen LogP contribution in [-0.2, 0) is 21.2 Å². The Balaban J connectivity index is 1.90. The molecule has 0 unspecified atom stereocenters. The van der Waals surface area contributed by atoms with E-state index in [-0.39, 0.29) is 24.0 Å². The van der Waals surface area contributed by atoms with Crippen LogP contribution in [0.15, 0.2) is 30.3 Å². The minimum atomic E-state index is -2.90. The van der Waals surface area contributed by atoms with E-state index in [0.29, 0.717) is 12.8 Å². The van der Waals surface area contributed by atoms with Gasteiger partial charge in [0, 0.05) is 19.0 Å². The van der Waals surface area contributed by atoms with Crippen LogP contribution in [0, 0.1) is 0 Å². The van der Waals surface area contributed by atoms with Gasteiger partial charge in [0.1, 0.15) is 0 Å². The Morgan fingerprint density at radius 3 is 2.52 bits per heavy atom. The van der Waals surface area contributed by atoms with Crippen LogP contribution in [0.5, 0.6) is 0 Å². The lowest BCUT2D eigenvalue weighted by molar-refractivity contribution is -0.137. The molecule has 1 atom stereocenters. The molecule has 0 spiro atoms. The number of rotatable bonds is 9. The number of carboxylic acid groups (broad SMARTS) is 1. The van der Waals surface area contributed by atoms with E-state index < -0.39 is 15.8 Å². The third-order valence-corrected chi connectivity index (χ3v) is 6.04. The van der Waals surface area contributed by atoms with Gasteiger partial charge in [-0.1, -0.05) is 36.8 Å². The zero-order valence-electron chi connectivity index (χ0n) is 13.4. The Labute approximate surface area is 138 Å². The molecule has 0 aromatic heterocycles. The maximum atomic E-state index is 11.8. The van der Waals surface area contributed by atoms with Crippen LogP contribution in [0.2, 0.25) is 0 Å². The van der Waals surface area contributed by atoms with Crippen LogP contribution in [0.1, 0.15) is 37.7 Å². The molecule has 1 aromatic rings. The summed E-state index contributed by atoms with van der Waals surface area (Å²) in [7, 11) is -2.90. The largest absolute Gasteiger partial charge is 0.481 e. The summed E-state index contributed by atoms with van der Waals surface area (Å²) < 4.78 is 23.5. The molecule has 1 aliphatic heterocycles. The predicted molar refractivity (Wildman–Crippen MR) is 90.0 cm³/mol. The van der Waals surface area contributed by atoms with E-state index in [4.69, 9.17) is 5.11 Å². The highest BCUT2D eigenvalue weighted by Crippen LogP contribution is 2.21. The molecule has 128 valence electrons. The number of aliphatic carboxylic acids is 1. The molecule has 0 saturated carbocycles. The third-order valence-electron chi connectivity index (χ3n) is 4.29. The number of unbranched alkanes of at least 4 members (excludes halogenated alkanes) is 2. The first-order valence-corrected chi connectivity index (χ1v) is 9.98. The lowest BCUT2D eigenvalue weighted by Gasteiger charge is -2.28. The zero-order valence-corrected chi connectivity index (χ0v) is 14.2. The predicted octanol–water partition coefficient (Wildman–Crippen LogP) is 2.32. The summed E-state index contributed by atoms with van der Waals surface area (Å²) in [5.74, 6) is -0.232. The number of hydrogen-bond donors (Lipinski definition) is 1. The highest BCUT2D eigenvalue weighted by Gasteiger charge is 2.31. The summed E-state index contributed by atoms with van der Waals surface area (Å²) >= 11 is 0. The minimum Gasteiger partial charge on any atom is -0.481 e. The number of nitrogens with zero attached hydrogens (tertiary/aromatic N) is 1. The Morgan fingerprint density at radius 1 is 1.17 bits per heavy atom. The molecule has 5 nitrogen and oxygen atoms in total. The van der Waals surface area contributed by atoms with Gasteiger partial charge in [0.05, 0.1) is 11.5 Å². The van der Waals surface area contributed by atoms with Crippen molar-refractivity contribution in [2.45, 2.75) is 44.7 Å². The fourth-order valence-electron chi connectivity index (χ4n) is 3.04. The topological polar surface area (TPSA) is 74.7 Å². The SMILES string of the molecule is O=C(O)CCCCCN(Cc1ccccc1)[C@@H]1CCS(=O)(=O)C1. The normalized spacial score (nSPS) is 20.0. The number of sulfone groups is 1. The molecule has 1 saturated heterocycles. The fraction of sp³-hybridized carbons (Fsp3) is 0.588. The molecule has 6 heteroatoms. The quantitative estimate of drug-likeness (QED) is 0.699. The second-order valence-electron chi connectivity index (χ2n) is 6.22. The molecule has 1 N–H and O–H groups in total. The van der Waals surface area contributed by atoms with Gasteiger partial charge >= 0.3 is 5.97 Å². The van der Waals surface area contributed by atoms with E-state index in [2.05, 4.69) is 17.0 Å². The van der Waals surface area contributed by atoms with Crippen LogP contribution in [0.25, 0.3) is 0 Å². The van der Waals surface area contributed by atoms with Gasteiger partial charge < -0.3 is 5.11 Å². The van der Waals surface area contributed by atoms with Crippen molar-refractivity contribution in [1.29, 1.82) is 0 Å². The Bertz CT molecular complexity index is 600. The maximum absolute atomic E-state index is 11.8. The van der Waals surface area contributed by atoms with Gasteiger partial charge in [-0.3, -0.25) is 9.69 Å². The minimum absolute atomic E-state index is 0.0830. The van der Waals surface area contributed by atoms with Crippen LogP contribution >= 0.6 is 0 Å². The first kappa shape index (κ1) is 17.9. The van der Waals surface area contributed by atoms with Crippen molar-refractivity contribution in [3.05, 3.63) is 35.9 Å². The summed E-state index contributed by atoms with van der Waals surface area (Å²) in [4.78, 5) is 12.8. The van der Waals surface area contributed by atoms with Crippen molar-refractivity contribution in [2.24, 2.45) is 0 Å². The lowest BCUT2D eigenvalue weighted by Crippen LogP contribution is -2.36. The van der Waals surface area contributed by atoms with Crippen LogP contribution in [0.3, 0.4) is 0 Å². The third kappa shape index (κ3) is 6.31. The molecule has 23 heavy (non-hydrogen) atoms. The second-order valence-corrected chi connectivity index (χ2v) is 8.45. The van der Waals surface area contributed by atoms with Gasteiger partial charge in [-0.25, -0.2) is 8.42 Å². The molecule has 0 radical (unpaired) electrons. The molecule has 2 rings (SSSR count). The van der Waals surface area contributed by atoms with Crippen molar-refractivity contribution in [1.82, 2.24) is 4.90 Å². The van der Waals surface area contributed by atoms with Gasteiger partial charge in [-0.15, -0.1) is 0 Å². The molecule has 1 aliphatic rings. The van der Waals surface area contributed by atoms with Gasteiger partial charge in [-0.05, 0) is 31.4 Å². The molecule has 0 amide bonds. The Hall–Kier alpha value is -1.40. The molecule has 0 aliphatic carbocycles. The molecular weight excluding hydrogens is 314 g/mol. The number of benzene rings is 1. The summed E-state index contributed by atoms with van der Waals surface area (Å²) in [6, 6.07) is 10.2. The van der Waals surface area contributed by atoms with Crippen molar-refractivity contribution >= 4 is 15.8 Å². The molecule has 1 fully saturated rings. The van der Waals surface area contributed by atoms with Crippen LogP contribution in [0.4, 0.5) is 0 Å². The first-order chi connectivity index (χ1) is 11.0. The van der Waals surface area contributed by atoms with Crippen LogP contribution in [-0.4, -0.2) is 48.5 Å². The molecule has 1 aromatic carbocycles. The first-order valence-electron chi connectivity index (χ1n) is 8.16. The Kier molecular flexibility index (Phi) is 6.59. The number of carbonyl (C=O) groups is 1. The van der Waals surface area contributed by atoms with Crippen molar-refractivity contribution in [2.75, 3.05) is 18.1 Å². The van der Waals surface area contributed by atoms with E-state index >= 15 is 0 Å². The van der Waals surface area contributed by atoms with Gasteiger partial charge in [0.2, 0.25) is 0 Å². The zero-order chi connectivity index (χ0) is 16.7. The van der Waals surface area contributed by atoms with Gasteiger partial charge in [-0.2, -0.15) is 0 Å². The average molecular weight is 339 g/mol. The Morgan fingerprint density at radius 2 is 1.91 bits per heavy atom. The molecular formula is C17H25NO4S.